The summed E-state index contributed by atoms with van der Waals surface area (Å²) in [6.07, 6.45) is 1.97. The van der Waals surface area contributed by atoms with Crippen LogP contribution < -0.4 is 0 Å². The Kier molecular flexibility index (Phi) is 6.32. The average Bonchev–Trinajstić information content (AvgIpc) is 3.33. The predicted molar refractivity (Wildman–Crippen MR) is 123 cm³/mol. The van der Waals surface area contributed by atoms with Crippen molar-refractivity contribution in [3.63, 3.8) is 0 Å². The van der Waals surface area contributed by atoms with Crippen molar-refractivity contribution in [3.05, 3.63) is 42.5 Å². The number of carbonyl (C=O) groups is 1. The van der Waals surface area contributed by atoms with Crippen molar-refractivity contribution in [2.45, 2.75) is 36.6 Å². The molecular weight excluding hydrogens is 457 g/mol. The van der Waals surface area contributed by atoms with Crippen LogP contribution in [-0.2, 0) is 14.6 Å². The molecule has 3 heterocycles. The zero-order valence-corrected chi connectivity index (χ0v) is 19.6. The van der Waals surface area contributed by atoms with E-state index in [9.17, 15) is 17.6 Å². The molecule has 1 fully saturated rings. The lowest BCUT2D eigenvalue weighted by Gasteiger charge is -2.29. The third-order valence-corrected chi connectivity index (χ3v) is 9.46. The number of hydrogen-bond acceptors (Lipinski definition) is 7. The Morgan fingerprint density at radius 2 is 2.06 bits per heavy atom. The van der Waals surface area contributed by atoms with Crippen molar-refractivity contribution in [2.24, 2.45) is 0 Å². The minimum Gasteiger partial charge on any atom is -0.338 e. The van der Waals surface area contributed by atoms with Gasteiger partial charge in [-0.05, 0) is 44.0 Å². The van der Waals surface area contributed by atoms with Crippen LogP contribution in [0, 0.1) is 5.82 Å². The van der Waals surface area contributed by atoms with Crippen molar-refractivity contribution >= 4 is 49.1 Å². The van der Waals surface area contributed by atoms with Gasteiger partial charge in [0.05, 0.1) is 27.0 Å². The molecule has 3 aromatic rings. The summed E-state index contributed by atoms with van der Waals surface area (Å²) in [7, 11) is -3.07. The van der Waals surface area contributed by atoms with Crippen molar-refractivity contribution in [2.75, 3.05) is 18.1 Å². The van der Waals surface area contributed by atoms with Gasteiger partial charge < -0.3 is 4.90 Å². The number of carbonyl (C=O) groups excluding carboxylic acids is 1. The molecule has 1 aliphatic heterocycles. The first-order valence-electron chi connectivity index (χ1n) is 9.95. The fraction of sp³-hybridized carbons (Fsp3) is 0.381. The average molecular weight is 480 g/mol. The quantitative estimate of drug-likeness (QED) is 0.393. The van der Waals surface area contributed by atoms with Crippen LogP contribution in [0.4, 0.5) is 4.39 Å². The lowest BCUT2D eigenvalue weighted by atomic mass is 10.2. The lowest BCUT2D eigenvalue weighted by Crippen LogP contribution is -2.44. The van der Waals surface area contributed by atoms with E-state index in [2.05, 4.69) is 9.97 Å². The molecule has 0 saturated carbocycles. The minimum absolute atomic E-state index is 0.0354. The molecule has 1 amide bonds. The Balaban J connectivity index is 1.56. The van der Waals surface area contributed by atoms with Crippen LogP contribution in [0.1, 0.15) is 20.3 Å². The molecule has 164 valence electrons. The van der Waals surface area contributed by atoms with Gasteiger partial charge in [-0.2, -0.15) is 0 Å². The summed E-state index contributed by atoms with van der Waals surface area (Å²) < 4.78 is 37.8. The first-order chi connectivity index (χ1) is 14.8. The highest BCUT2D eigenvalue weighted by Gasteiger charge is 2.35. The molecule has 31 heavy (non-hydrogen) atoms. The van der Waals surface area contributed by atoms with Gasteiger partial charge in [-0.3, -0.25) is 4.79 Å². The molecule has 0 N–H and O–H groups in total. The SMILES string of the molecule is CCN(C(=O)C(C)Sc1ncnc2cc(-c3ccc(F)cc3)sc12)C1CCS(=O)(=O)C1. The summed E-state index contributed by atoms with van der Waals surface area (Å²) in [6, 6.07) is 7.97. The smallest absolute Gasteiger partial charge is 0.236 e. The second-order valence-corrected chi connectivity index (χ2v) is 12.1. The maximum Gasteiger partial charge on any atom is 0.236 e. The van der Waals surface area contributed by atoms with Crippen LogP contribution in [0.5, 0.6) is 0 Å². The second kappa shape index (κ2) is 8.84. The van der Waals surface area contributed by atoms with Crippen molar-refractivity contribution < 1.29 is 17.6 Å². The number of thioether (sulfide) groups is 1. The van der Waals surface area contributed by atoms with E-state index >= 15 is 0 Å². The van der Waals surface area contributed by atoms with E-state index in [-0.39, 0.29) is 29.3 Å². The fourth-order valence-corrected chi connectivity index (χ4v) is 7.63. The van der Waals surface area contributed by atoms with E-state index in [0.29, 0.717) is 18.0 Å². The van der Waals surface area contributed by atoms with Crippen molar-refractivity contribution in [1.29, 1.82) is 0 Å². The second-order valence-electron chi connectivity index (χ2n) is 7.45. The molecule has 2 aromatic heterocycles. The summed E-state index contributed by atoms with van der Waals surface area (Å²) >= 11 is 2.86. The maximum atomic E-state index is 13.2. The first kappa shape index (κ1) is 22.2. The third kappa shape index (κ3) is 4.75. The number of thiophene rings is 1. The largest absolute Gasteiger partial charge is 0.338 e. The highest BCUT2D eigenvalue weighted by atomic mass is 32.2. The number of hydrogen-bond donors (Lipinski definition) is 0. The zero-order valence-electron chi connectivity index (χ0n) is 17.1. The topological polar surface area (TPSA) is 80.2 Å². The standard InChI is InChI=1S/C21H22FN3O3S3/c1-3-25(16-8-9-31(27,28)11-16)21(26)13(2)29-20-19-17(23-12-24-20)10-18(30-19)14-4-6-15(22)7-5-14/h4-7,10,12-13,16H,3,8-9,11H2,1-2H3. The van der Waals surface area contributed by atoms with Crippen LogP contribution in [0.2, 0.25) is 0 Å². The van der Waals surface area contributed by atoms with E-state index < -0.39 is 15.1 Å². The summed E-state index contributed by atoms with van der Waals surface area (Å²) in [5, 5.41) is 0.289. The number of sulfone groups is 1. The van der Waals surface area contributed by atoms with E-state index in [1.54, 1.807) is 17.0 Å². The Bertz CT molecular complexity index is 1210. The van der Waals surface area contributed by atoms with Gasteiger partial charge >= 0.3 is 0 Å². The first-order valence-corrected chi connectivity index (χ1v) is 13.5. The lowest BCUT2D eigenvalue weighted by molar-refractivity contribution is -0.131. The molecule has 2 unspecified atom stereocenters. The Hall–Kier alpha value is -2.04. The number of nitrogens with zero attached hydrogens (tertiary/aromatic N) is 3. The van der Waals surface area contributed by atoms with Crippen LogP contribution in [0.3, 0.4) is 0 Å². The maximum absolute atomic E-state index is 13.2. The number of aromatic nitrogens is 2. The molecule has 10 heteroatoms. The normalized spacial score (nSPS) is 18.9. The molecule has 0 aliphatic carbocycles. The molecule has 1 aliphatic rings. The molecule has 2 atom stereocenters. The summed E-state index contributed by atoms with van der Waals surface area (Å²) in [5.74, 6) is -0.203. The van der Waals surface area contributed by atoms with E-state index in [1.165, 1.54) is 41.6 Å². The van der Waals surface area contributed by atoms with Crippen LogP contribution in [0.15, 0.2) is 41.7 Å². The minimum atomic E-state index is -3.07. The van der Waals surface area contributed by atoms with Gasteiger partial charge in [0, 0.05) is 17.5 Å². The molecular formula is C21H22FN3O3S3. The number of benzene rings is 1. The Morgan fingerprint density at radius 1 is 1.32 bits per heavy atom. The van der Waals surface area contributed by atoms with E-state index in [0.717, 1.165) is 20.7 Å². The molecule has 0 radical (unpaired) electrons. The van der Waals surface area contributed by atoms with E-state index in [1.807, 2.05) is 19.9 Å². The molecule has 0 spiro atoms. The zero-order chi connectivity index (χ0) is 22.2. The van der Waals surface area contributed by atoms with Crippen LogP contribution in [-0.4, -0.2) is 58.5 Å². The van der Waals surface area contributed by atoms with E-state index in [4.69, 9.17) is 0 Å². The van der Waals surface area contributed by atoms with Gasteiger partial charge in [-0.25, -0.2) is 22.8 Å². The van der Waals surface area contributed by atoms with Crippen LogP contribution in [0.25, 0.3) is 20.7 Å². The molecule has 1 aromatic carbocycles. The van der Waals surface area contributed by atoms with Gasteiger partial charge in [-0.15, -0.1) is 11.3 Å². The number of halogens is 1. The Morgan fingerprint density at radius 3 is 2.71 bits per heavy atom. The highest BCUT2D eigenvalue weighted by molar-refractivity contribution is 8.00. The van der Waals surface area contributed by atoms with Gasteiger partial charge in [0.2, 0.25) is 5.91 Å². The van der Waals surface area contributed by atoms with Gasteiger partial charge in [-0.1, -0.05) is 23.9 Å². The summed E-state index contributed by atoms with van der Waals surface area (Å²) in [5.41, 5.74) is 1.67. The highest BCUT2D eigenvalue weighted by Crippen LogP contribution is 2.38. The third-order valence-electron chi connectivity index (χ3n) is 5.32. The molecule has 0 bridgehead atoms. The monoisotopic (exact) mass is 479 g/mol. The van der Waals surface area contributed by atoms with Crippen molar-refractivity contribution in [1.82, 2.24) is 14.9 Å². The van der Waals surface area contributed by atoms with Crippen LogP contribution >= 0.6 is 23.1 Å². The number of fused-ring (bicyclic) bond motifs is 1. The predicted octanol–water partition coefficient (Wildman–Crippen LogP) is 4.01. The van der Waals surface area contributed by atoms with Gasteiger partial charge in [0.15, 0.2) is 9.84 Å². The number of rotatable bonds is 6. The summed E-state index contributed by atoms with van der Waals surface area (Å²) in [4.78, 5) is 24.5. The molecule has 1 saturated heterocycles. The van der Waals surface area contributed by atoms with Gasteiger partial charge in [0.25, 0.3) is 0 Å². The van der Waals surface area contributed by atoms with Crippen molar-refractivity contribution in [3.8, 4) is 10.4 Å². The molecule has 6 nitrogen and oxygen atoms in total. The molecule has 4 rings (SSSR count). The van der Waals surface area contributed by atoms with Gasteiger partial charge in [0.1, 0.15) is 17.2 Å². The number of amides is 1. The Labute approximate surface area is 188 Å². The fourth-order valence-electron chi connectivity index (χ4n) is 3.74. The summed E-state index contributed by atoms with van der Waals surface area (Å²) in [6.45, 7) is 4.16.